The van der Waals surface area contributed by atoms with Crippen LogP contribution >= 0.6 is 11.3 Å². The minimum absolute atomic E-state index is 0.235. The lowest BCUT2D eigenvalue weighted by atomic mass is 10.1. The zero-order valence-corrected chi connectivity index (χ0v) is 22.3. The molecule has 0 spiro atoms. The summed E-state index contributed by atoms with van der Waals surface area (Å²) in [6.07, 6.45) is 12.1. The molecule has 0 aliphatic heterocycles. The van der Waals surface area contributed by atoms with Crippen LogP contribution in [0.15, 0.2) is 49.1 Å². The van der Waals surface area contributed by atoms with Crippen LogP contribution in [-0.2, 0) is 6.54 Å². The number of H-pyrrole nitrogens is 2. The highest BCUT2D eigenvalue weighted by Gasteiger charge is 2.22. The molecule has 1 saturated carbocycles. The number of thiophene rings is 1. The van der Waals surface area contributed by atoms with E-state index in [-0.39, 0.29) is 5.69 Å². The van der Waals surface area contributed by atoms with Gasteiger partial charge in [0, 0.05) is 46.0 Å². The van der Waals surface area contributed by atoms with Gasteiger partial charge in [0.05, 0.1) is 22.6 Å². The van der Waals surface area contributed by atoms with Gasteiger partial charge in [0.15, 0.2) is 17.3 Å². The largest absolute Gasteiger partial charge is 0.335 e. The Hall–Kier alpha value is -4.02. The zero-order chi connectivity index (χ0) is 26.3. The van der Waals surface area contributed by atoms with Crippen LogP contribution in [0.5, 0.6) is 0 Å². The van der Waals surface area contributed by atoms with Crippen LogP contribution in [0.1, 0.15) is 36.1 Å². The number of aromatic nitrogens is 7. The fourth-order valence-corrected chi connectivity index (χ4v) is 6.40. The molecule has 196 valence electrons. The van der Waals surface area contributed by atoms with E-state index in [0.717, 1.165) is 34.0 Å². The Morgan fingerprint density at radius 1 is 1.08 bits per heavy atom. The first-order valence-corrected chi connectivity index (χ1v) is 14.0. The van der Waals surface area contributed by atoms with Gasteiger partial charge in [-0.2, -0.15) is 5.10 Å². The molecule has 39 heavy (non-hydrogen) atoms. The van der Waals surface area contributed by atoms with E-state index in [1.54, 1.807) is 29.9 Å². The quantitative estimate of drug-likeness (QED) is 0.217. The van der Waals surface area contributed by atoms with E-state index >= 15 is 4.39 Å². The van der Waals surface area contributed by atoms with E-state index in [1.165, 1.54) is 30.6 Å². The molecule has 1 aliphatic rings. The standard InChI is InChI=1S/C29H27FN8S/c1-16-6-7-22(39-16)20-8-9-33-28-26(20)35-29(36-28)27-23-21(37-38-27)15-34-25(24(23)30)19-10-18(13-32-14-19)12-31-11-17-4-2-3-5-17/h6-10,13-15,17,31H,2-5,11-12H2,1H3,(H,37,38)(H,33,35,36). The number of hydrogen-bond acceptors (Lipinski definition) is 7. The van der Waals surface area contributed by atoms with Crippen molar-refractivity contribution in [1.29, 1.82) is 0 Å². The normalized spacial score (nSPS) is 14.2. The minimum Gasteiger partial charge on any atom is -0.335 e. The van der Waals surface area contributed by atoms with E-state index in [4.69, 9.17) is 0 Å². The summed E-state index contributed by atoms with van der Waals surface area (Å²) >= 11 is 1.70. The maximum atomic E-state index is 16.1. The summed E-state index contributed by atoms with van der Waals surface area (Å²) in [6.45, 7) is 3.77. The molecule has 0 unspecified atom stereocenters. The molecule has 0 atom stereocenters. The first kappa shape index (κ1) is 24.1. The molecule has 10 heteroatoms. The summed E-state index contributed by atoms with van der Waals surface area (Å²) in [5.41, 5.74) is 5.10. The Morgan fingerprint density at radius 3 is 2.82 bits per heavy atom. The van der Waals surface area contributed by atoms with Gasteiger partial charge in [0.2, 0.25) is 0 Å². The molecule has 6 heterocycles. The number of rotatable bonds is 7. The van der Waals surface area contributed by atoms with Crippen LogP contribution in [0.3, 0.4) is 0 Å². The van der Waals surface area contributed by atoms with Gasteiger partial charge in [-0.15, -0.1) is 11.3 Å². The second-order valence-corrected chi connectivity index (χ2v) is 11.5. The molecule has 0 radical (unpaired) electrons. The van der Waals surface area contributed by atoms with Crippen LogP contribution in [0.2, 0.25) is 0 Å². The lowest BCUT2D eigenvalue weighted by molar-refractivity contribution is 0.489. The number of aryl methyl sites for hydroxylation is 1. The van der Waals surface area contributed by atoms with Gasteiger partial charge >= 0.3 is 0 Å². The summed E-state index contributed by atoms with van der Waals surface area (Å²) in [4.78, 5) is 23.6. The maximum absolute atomic E-state index is 16.1. The fourth-order valence-electron chi connectivity index (χ4n) is 5.50. The van der Waals surface area contributed by atoms with Crippen molar-refractivity contribution < 1.29 is 4.39 Å². The van der Waals surface area contributed by atoms with E-state index in [1.807, 2.05) is 18.3 Å². The minimum atomic E-state index is -0.461. The second kappa shape index (κ2) is 9.94. The SMILES string of the molecule is Cc1ccc(-c2ccnc3nc(-c4n[nH]c5cnc(-c6cncc(CNCC7CCCC7)c6)c(F)c45)[nH]c23)s1. The molecule has 0 bridgehead atoms. The molecule has 0 saturated heterocycles. The number of nitrogens with zero attached hydrogens (tertiary/aromatic N) is 5. The van der Waals surface area contributed by atoms with Crippen molar-refractivity contribution in [2.45, 2.75) is 39.2 Å². The van der Waals surface area contributed by atoms with Crippen LogP contribution in [0.4, 0.5) is 4.39 Å². The highest BCUT2D eigenvalue weighted by atomic mass is 32.1. The number of fused-ring (bicyclic) bond motifs is 2. The third kappa shape index (κ3) is 4.49. The van der Waals surface area contributed by atoms with Crippen molar-refractivity contribution >= 4 is 33.4 Å². The lowest BCUT2D eigenvalue weighted by Gasteiger charge is -2.11. The lowest BCUT2D eigenvalue weighted by Crippen LogP contribution is -2.20. The monoisotopic (exact) mass is 538 g/mol. The van der Waals surface area contributed by atoms with E-state index in [2.05, 4.69) is 59.5 Å². The summed E-state index contributed by atoms with van der Waals surface area (Å²) < 4.78 is 16.1. The van der Waals surface area contributed by atoms with Gasteiger partial charge in [-0.3, -0.25) is 15.1 Å². The average molecular weight is 539 g/mol. The molecule has 3 N–H and O–H groups in total. The summed E-state index contributed by atoms with van der Waals surface area (Å²) in [6, 6.07) is 8.09. The first-order valence-electron chi connectivity index (χ1n) is 13.2. The van der Waals surface area contributed by atoms with Gasteiger partial charge < -0.3 is 10.3 Å². The molecule has 1 aliphatic carbocycles. The van der Waals surface area contributed by atoms with Crippen molar-refractivity contribution in [2.75, 3.05) is 6.54 Å². The van der Waals surface area contributed by atoms with Gasteiger partial charge in [-0.25, -0.2) is 14.4 Å². The van der Waals surface area contributed by atoms with Crippen molar-refractivity contribution in [3.8, 4) is 33.2 Å². The number of pyridine rings is 3. The molecule has 6 aromatic heterocycles. The van der Waals surface area contributed by atoms with Crippen molar-refractivity contribution in [1.82, 2.24) is 40.4 Å². The van der Waals surface area contributed by atoms with Gasteiger partial charge in [-0.05, 0) is 62.1 Å². The Bertz CT molecular complexity index is 1800. The van der Waals surface area contributed by atoms with Crippen LogP contribution < -0.4 is 5.32 Å². The van der Waals surface area contributed by atoms with Gasteiger partial charge in [0.25, 0.3) is 0 Å². The fraction of sp³-hybridized carbons (Fsp3) is 0.276. The molecule has 8 nitrogen and oxygen atoms in total. The number of halogens is 1. The second-order valence-electron chi connectivity index (χ2n) is 10.2. The highest BCUT2D eigenvalue weighted by molar-refractivity contribution is 7.15. The smallest absolute Gasteiger partial charge is 0.178 e. The third-order valence-corrected chi connectivity index (χ3v) is 8.51. The van der Waals surface area contributed by atoms with Crippen LogP contribution in [-0.4, -0.2) is 41.7 Å². The number of nitrogens with one attached hydrogen (secondary N) is 3. The highest BCUT2D eigenvalue weighted by Crippen LogP contribution is 2.35. The van der Waals surface area contributed by atoms with Crippen molar-refractivity contribution in [2.24, 2.45) is 5.92 Å². The number of imidazole rings is 1. The Morgan fingerprint density at radius 2 is 1.97 bits per heavy atom. The number of aromatic amines is 2. The predicted octanol–water partition coefficient (Wildman–Crippen LogP) is 6.41. The maximum Gasteiger partial charge on any atom is 0.178 e. The van der Waals surface area contributed by atoms with E-state index in [9.17, 15) is 0 Å². The average Bonchev–Trinajstić information content (AvgIpc) is 3.75. The van der Waals surface area contributed by atoms with Gasteiger partial charge in [0.1, 0.15) is 11.4 Å². The Kier molecular flexibility index (Phi) is 6.13. The molecule has 7 rings (SSSR count). The molecule has 0 amide bonds. The molecule has 1 fully saturated rings. The molecular weight excluding hydrogens is 511 g/mol. The topological polar surface area (TPSA) is 108 Å². The molecule has 0 aromatic carbocycles. The Labute approximate surface area is 228 Å². The van der Waals surface area contributed by atoms with Crippen LogP contribution in [0.25, 0.3) is 55.3 Å². The summed E-state index contributed by atoms with van der Waals surface area (Å²) in [7, 11) is 0. The molecular formula is C29H27FN8S. The molecule has 6 aromatic rings. The first-order chi connectivity index (χ1) is 19.1. The summed E-state index contributed by atoms with van der Waals surface area (Å²) in [5, 5.41) is 11.2. The Balaban J connectivity index is 1.23. The van der Waals surface area contributed by atoms with Crippen molar-refractivity contribution in [3.05, 3.63) is 65.3 Å². The third-order valence-electron chi connectivity index (χ3n) is 7.47. The van der Waals surface area contributed by atoms with Crippen LogP contribution in [0, 0.1) is 18.7 Å². The van der Waals surface area contributed by atoms with E-state index < -0.39 is 5.82 Å². The summed E-state index contributed by atoms with van der Waals surface area (Å²) in [5.74, 6) is 0.737. The zero-order valence-electron chi connectivity index (χ0n) is 21.5. The van der Waals surface area contributed by atoms with Crippen molar-refractivity contribution in [3.63, 3.8) is 0 Å². The van der Waals surface area contributed by atoms with Gasteiger partial charge in [-0.1, -0.05) is 12.8 Å². The number of hydrogen-bond donors (Lipinski definition) is 3. The predicted molar refractivity (Wildman–Crippen MR) is 152 cm³/mol. The van der Waals surface area contributed by atoms with E-state index in [0.29, 0.717) is 40.2 Å².